The number of hydrogen-bond donors (Lipinski definition) is 1. The molecule has 0 spiro atoms. The second kappa shape index (κ2) is 7.83. The van der Waals surface area contributed by atoms with E-state index in [0.29, 0.717) is 16.0 Å². The van der Waals surface area contributed by atoms with Gasteiger partial charge in [-0.2, -0.15) is 0 Å². The maximum atomic E-state index is 12.5. The standard InChI is InChI=1S/C20H17N3O5/c1-13(24)15-9-5-6-10-16(15)21-17(25)12-23-19(27)18(26)22(20(23)28)11-14-7-3-2-4-8-14/h2-10H,11-12H2,1H3,(H,21,25). The fourth-order valence-corrected chi connectivity index (χ4v) is 2.83. The summed E-state index contributed by atoms with van der Waals surface area (Å²) in [4.78, 5) is 62.1. The quantitative estimate of drug-likeness (QED) is 0.468. The van der Waals surface area contributed by atoms with Gasteiger partial charge >= 0.3 is 17.8 Å². The highest BCUT2D eigenvalue weighted by atomic mass is 16.2. The maximum absolute atomic E-state index is 12.5. The van der Waals surface area contributed by atoms with E-state index in [0.717, 1.165) is 4.90 Å². The van der Waals surface area contributed by atoms with Gasteiger partial charge in [-0.25, -0.2) is 9.69 Å². The average Bonchev–Trinajstić information content (AvgIpc) is 2.87. The molecule has 0 saturated carbocycles. The molecule has 8 heteroatoms. The molecule has 1 fully saturated rings. The van der Waals surface area contributed by atoms with Gasteiger partial charge in [-0.1, -0.05) is 42.5 Å². The Bertz CT molecular complexity index is 971. The highest BCUT2D eigenvalue weighted by molar-refractivity contribution is 6.45. The van der Waals surface area contributed by atoms with Gasteiger partial charge in [0, 0.05) is 5.56 Å². The monoisotopic (exact) mass is 379 g/mol. The molecule has 1 heterocycles. The van der Waals surface area contributed by atoms with E-state index >= 15 is 0 Å². The smallest absolute Gasteiger partial charge is 0.324 e. The first kappa shape index (κ1) is 19.0. The summed E-state index contributed by atoms with van der Waals surface area (Å²) in [5.41, 5.74) is 1.25. The van der Waals surface area contributed by atoms with Gasteiger partial charge in [0.1, 0.15) is 6.54 Å². The van der Waals surface area contributed by atoms with Crippen LogP contribution in [0.4, 0.5) is 10.5 Å². The van der Waals surface area contributed by atoms with Gasteiger partial charge in [0.15, 0.2) is 5.78 Å². The molecule has 1 aliphatic rings. The first-order chi connectivity index (χ1) is 13.4. The zero-order valence-electron chi connectivity index (χ0n) is 15.0. The molecule has 0 unspecified atom stereocenters. The van der Waals surface area contributed by atoms with Gasteiger partial charge in [0.05, 0.1) is 12.2 Å². The minimum Gasteiger partial charge on any atom is -0.324 e. The number of carbonyl (C=O) groups is 5. The number of imide groups is 2. The fraction of sp³-hybridized carbons (Fsp3) is 0.150. The number of para-hydroxylation sites is 1. The topological polar surface area (TPSA) is 104 Å². The normalized spacial score (nSPS) is 13.8. The predicted molar refractivity (Wildman–Crippen MR) is 99.2 cm³/mol. The van der Waals surface area contributed by atoms with Crippen molar-refractivity contribution in [2.45, 2.75) is 13.5 Å². The van der Waals surface area contributed by atoms with Gasteiger partial charge in [-0.3, -0.25) is 24.1 Å². The molecule has 0 bridgehead atoms. The minimum absolute atomic E-state index is 0.0600. The van der Waals surface area contributed by atoms with E-state index in [4.69, 9.17) is 0 Å². The summed E-state index contributed by atoms with van der Waals surface area (Å²) >= 11 is 0. The Hall–Kier alpha value is -3.81. The van der Waals surface area contributed by atoms with Crippen molar-refractivity contribution < 1.29 is 24.0 Å². The molecule has 0 radical (unpaired) electrons. The molecule has 142 valence electrons. The summed E-state index contributed by atoms with van der Waals surface area (Å²) in [6.45, 7) is 0.676. The minimum atomic E-state index is -1.06. The van der Waals surface area contributed by atoms with Crippen LogP contribution in [0.1, 0.15) is 22.8 Å². The number of nitrogens with zero attached hydrogens (tertiary/aromatic N) is 2. The van der Waals surface area contributed by atoms with E-state index in [-0.39, 0.29) is 18.0 Å². The van der Waals surface area contributed by atoms with E-state index in [9.17, 15) is 24.0 Å². The number of carbonyl (C=O) groups excluding carboxylic acids is 5. The maximum Gasteiger partial charge on any atom is 0.335 e. The Morgan fingerprint density at radius 3 is 2.14 bits per heavy atom. The molecule has 3 rings (SSSR count). The number of amides is 5. The zero-order valence-corrected chi connectivity index (χ0v) is 15.0. The third kappa shape index (κ3) is 3.80. The van der Waals surface area contributed by atoms with Crippen LogP contribution in [0, 0.1) is 0 Å². The second-order valence-corrected chi connectivity index (χ2v) is 6.20. The van der Waals surface area contributed by atoms with Gasteiger partial charge in [-0.05, 0) is 24.6 Å². The summed E-state index contributed by atoms with van der Waals surface area (Å²) in [6, 6.07) is 14.3. The van der Waals surface area contributed by atoms with E-state index in [2.05, 4.69) is 5.32 Å². The second-order valence-electron chi connectivity index (χ2n) is 6.20. The van der Waals surface area contributed by atoms with Crippen molar-refractivity contribution in [2.75, 3.05) is 11.9 Å². The molecule has 5 amide bonds. The number of urea groups is 1. The molecular weight excluding hydrogens is 362 g/mol. The van der Waals surface area contributed by atoms with E-state index in [1.807, 2.05) is 0 Å². The third-order valence-corrected chi connectivity index (χ3v) is 4.20. The van der Waals surface area contributed by atoms with Crippen molar-refractivity contribution in [3.8, 4) is 0 Å². The van der Waals surface area contributed by atoms with Crippen molar-refractivity contribution in [1.82, 2.24) is 9.80 Å². The van der Waals surface area contributed by atoms with Gasteiger partial charge in [0.2, 0.25) is 5.91 Å². The van der Waals surface area contributed by atoms with E-state index in [1.165, 1.54) is 13.0 Å². The molecule has 1 aliphatic heterocycles. The highest BCUT2D eigenvalue weighted by Gasteiger charge is 2.45. The summed E-state index contributed by atoms with van der Waals surface area (Å²) in [5, 5.41) is 2.50. The lowest BCUT2D eigenvalue weighted by molar-refractivity contribution is -0.143. The van der Waals surface area contributed by atoms with Crippen LogP contribution in [-0.2, 0) is 20.9 Å². The van der Waals surface area contributed by atoms with Gasteiger partial charge in [-0.15, -0.1) is 0 Å². The van der Waals surface area contributed by atoms with Crippen molar-refractivity contribution in [1.29, 1.82) is 0 Å². The number of hydrogen-bond acceptors (Lipinski definition) is 5. The van der Waals surface area contributed by atoms with E-state index < -0.39 is 30.3 Å². The molecule has 2 aromatic rings. The largest absolute Gasteiger partial charge is 0.335 e. The summed E-state index contributed by atoms with van der Waals surface area (Å²) in [6.07, 6.45) is 0. The van der Waals surface area contributed by atoms with Crippen LogP contribution in [0.5, 0.6) is 0 Å². The lowest BCUT2D eigenvalue weighted by Crippen LogP contribution is -2.39. The van der Waals surface area contributed by atoms with Crippen molar-refractivity contribution in [2.24, 2.45) is 0 Å². The number of rotatable bonds is 6. The lowest BCUT2D eigenvalue weighted by atomic mass is 10.1. The molecule has 2 aromatic carbocycles. The first-order valence-corrected chi connectivity index (χ1v) is 8.49. The van der Waals surface area contributed by atoms with Crippen molar-refractivity contribution in [3.63, 3.8) is 0 Å². The van der Waals surface area contributed by atoms with Gasteiger partial charge < -0.3 is 5.32 Å². The van der Waals surface area contributed by atoms with Crippen LogP contribution < -0.4 is 5.32 Å². The predicted octanol–water partition coefficient (Wildman–Crippen LogP) is 1.82. The van der Waals surface area contributed by atoms with Crippen molar-refractivity contribution in [3.05, 3.63) is 65.7 Å². The van der Waals surface area contributed by atoms with E-state index in [1.54, 1.807) is 48.5 Å². The number of benzene rings is 2. The Balaban J connectivity index is 1.71. The lowest BCUT2D eigenvalue weighted by Gasteiger charge is -2.16. The van der Waals surface area contributed by atoms with Crippen LogP contribution in [-0.4, -0.2) is 45.9 Å². The van der Waals surface area contributed by atoms with Crippen LogP contribution in [0.2, 0.25) is 0 Å². The third-order valence-electron chi connectivity index (χ3n) is 4.20. The zero-order chi connectivity index (χ0) is 20.3. The number of anilines is 1. The van der Waals surface area contributed by atoms with Crippen LogP contribution in [0.15, 0.2) is 54.6 Å². The molecule has 8 nitrogen and oxygen atoms in total. The van der Waals surface area contributed by atoms with Crippen LogP contribution >= 0.6 is 0 Å². The number of Topliss-reactive ketones (excluding diaryl/α,β-unsaturated/α-hetero) is 1. The van der Waals surface area contributed by atoms with Crippen LogP contribution in [0.25, 0.3) is 0 Å². The molecule has 0 atom stereocenters. The Morgan fingerprint density at radius 1 is 0.857 bits per heavy atom. The van der Waals surface area contributed by atoms with Crippen LogP contribution in [0.3, 0.4) is 0 Å². The average molecular weight is 379 g/mol. The molecule has 1 saturated heterocycles. The molecule has 0 aliphatic carbocycles. The highest BCUT2D eigenvalue weighted by Crippen LogP contribution is 2.18. The summed E-state index contributed by atoms with van der Waals surface area (Å²) in [7, 11) is 0. The van der Waals surface area contributed by atoms with Crippen molar-refractivity contribution >= 4 is 35.2 Å². The summed E-state index contributed by atoms with van der Waals surface area (Å²) in [5.74, 6) is -2.97. The number of nitrogens with one attached hydrogen (secondary N) is 1. The Morgan fingerprint density at radius 2 is 1.46 bits per heavy atom. The molecule has 0 aromatic heterocycles. The Labute approximate surface area is 160 Å². The molecule has 28 heavy (non-hydrogen) atoms. The Kier molecular flexibility index (Phi) is 5.30. The summed E-state index contributed by atoms with van der Waals surface area (Å²) < 4.78 is 0. The molecule has 1 N–H and O–H groups in total. The van der Waals surface area contributed by atoms with Gasteiger partial charge in [0.25, 0.3) is 0 Å². The molecular formula is C20H17N3O5. The fourth-order valence-electron chi connectivity index (χ4n) is 2.83. The number of ketones is 1. The SMILES string of the molecule is CC(=O)c1ccccc1NC(=O)CN1C(=O)C(=O)N(Cc2ccccc2)C1=O. The first-order valence-electron chi connectivity index (χ1n) is 8.49.